The van der Waals surface area contributed by atoms with Gasteiger partial charge in [0, 0.05) is 19.3 Å². The van der Waals surface area contributed by atoms with E-state index in [4.69, 9.17) is 23.3 Å². The molecule has 3 atom stereocenters. The summed E-state index contributed by atoms with van der Waals surface area (Å²) in [7, 11) is -4.77. The molecule has 78 heavy (non-hydrogen) atoms. The summed E-state index contributed by atoms with van der Waals surface area (Å²) in [5.74, 6) is -1.51. The molecule has 0 spiro atoms. The van der Waals surface area contributed by atoms with Crippen LogP contribution in [0.15, 0.2) is 109 Å². The van der Waals surface area contributed by atoms with Crippen LogP contribution in [0.25, 0.3) is 0 Å². The van der Waals surface area contributed by atoms with Crippen LogP contribution in [0.3, 0.4) is 0 Å². The zero-order chi connectivity index (χ0) is 56.9. The fraction of sp³-hybridized carbons (Fsp3) is 0.682. The van der Waals surface area contributed by atoms with Gasteiger partial charge in [0.25, 0.3) is 0 Å². The van der Waals surface area contributed by atoms with E-state index in [-0.39, 0.29) is 25.9 Å². The summed E-state index contributed by atoms with van der Waals surface area (Å²) in [5, 5.41) is 9.84. The number of carbonyl (C=O) groups excluding carboxylic acids is 3. The van der Waals surface area contributed by atoms with Gasteiger partial charge in [-0.1, -0.05) is 220 Å². The van der Waals surface area contributed by atoms with Crippen LogP contribution < -0.4 is 0 Å². The van der Waals surface area contributed by atoms with Gasteiger partial charge in [-0.3, -0.25) is 23.4 Å². The standard InChI is InChI=1S/C66H111O11P/c1-4-7-10-13-16-19-22-25-28-30-31-33-35-37-40-43-46-49-52-55-64(68)73-59-63(77-66(70)57-54-51-48-45-42-39-36-32-29-26-23-20-17-14-11-8-5-2)61-75-78(71,72)74-60-62(58-67)76-65(69)56-53-50-47-44-41-38-34-27-24-21-18-15-12-9-6-3/h7-8,10-11,16-21,25-29,31,33-34,62-63,67H,4-6,9,12-15,22-24,30,32,35-61H2,1-3H3,(H,71,72)/b10-7-,11-8-,19-16-,20-17-,21-18-,28-25-,29-26-,33-31-,34-27-. The second-order valence-corrected chi connectivity index (χ2v) is 21.6. The van der Waals surface area contributed by atoms with E-state index in [1.807, 2.05) is 0 Å². The molecule has 3 unspecified atom stereocenters. The first kappa shape index (κ1) is 74.1. The van der Waals surface area contributed by atoms with Crippen molar-refractivity contribution < 1.29 is 52.2 Å². The zero-order valence-electron chi connectivity index (χ0n) is 49.3. The fourth-order valence-electron chi connectivity index (χ4n) is 8.04. The summed E-state index contributed by atoms with van der Waals surface area (Å²) >= 11 is 0. The lowest BCUT2D eigenvalue weighted by molar-refractivity contribution is -0.161. The molecule has 0 aromatic carbocycles. The molecule has 0 saturated heterocycles. The van der Waals surface area contributed by atoms with Gasteiger partial charge in [-0.2, -0.15) is 0 Å². The van der Waals surface area contributed by atoms with Crippen molar-refractivity contribution in [3.05, 3.63) is 109 Å². The predicted molar refractivity (Wildman–Crippen MR) is 325 cm³/mol. The number of rotatable bonds is 56. The molecule has 0 saturated carbocycles. The number of hydrogen-bond acceptors (Lipinski definition) is 10. The van der Waals surface area contributed by atoms with Crippen LogP contribution in [0.1, 0.15) is 252 Å². The summed E-state index contributed by atoms with van der Waals surface area (Å²) in [4.78, 5) is 48.7. The maximum atomic E-state index is 12.9. The lowest BCUT2D eigenvalue weighted by Crippen LogP contribution is -2.30. The molecule has 12 heteroatoms. The Balaban J connectivity index is 4.77. The Morgan fingerprint density at radius 2 is 0.667 bits per heavy atom. The number of unbranched alkanes of at least 4 members (excludes halogenated alkanes) is 21. The van der Waals surface area contributed by atoms with Crippen LogP contribution in [-0.2, 0) is 42.2 Å². The van der Waals surface area contributed by atoms with Crippen LogP contribution in [-0.4, -0.2) is 66.5 Å². The van der Waals surface area contributed by atoms with Gasteiger partial charge in [-0.15, -0.1) is 0 Å². The Bertz CT molecular complexity index is 1720. The number of hydrogen-bond donors (Lipinski definition) is 2. The molecule has 0 heterocycles. The minimum absolute atomic E-state index is 0.147. The van der Waals surface area contributed by atoms with Gasteiger partial charge in [0.2, 0.25) is 0 Å². The van der Waals surface area contributed by atoms with Crippen molar-refractivity contribution in [3.8, 4) is 0 Å². The summed E-state index contributed by atoms with van der Waals surface area (Å²) in [6, 6.07) is 0. The van der Waals surface area contributed by atoms with E-state index < -0.39 is 57.8 Å². The average Bonchev–Trinajstić information content (AvgIpc) is 3.43. The highest BCUT2D eigenvalue weighted by Gasteiger charge is 2.28. The zero-order valence-corrected chi connectivity index (χ0v) is 50.2. The molecule has 0 rings (SSSR count). The van der Waals surface area contributed by atoms with E-state index >= 15 is 0 Å². The van der Waals surface area contributed by atoms with E-state index in [2.05, 4.69) is 130 Å². The molecule has 0 fully saturated rings. The molecule has 2 N–H and O–H groups in total. The summed E-state index contributed by atoms with van der Waals surface area (Å²) in [6.07, 6.45) is 71.8. The van der Waals surface area contributed by atoms with Gasteiger partial charge in [-0.05, 0) is 122 Å². The number of carbonyl (C=O) groups is 3. The molecule has 446 valence electrons. The number of allylic oxidation sites excluding steroid dienone is 18. The largest absolute Gasteiger partial charge is 0.472 e. The molecule has 0 aliphatic heterocycles. The third kappa shape index (κ3) is 56.8. The van der Waals surface area contributed by atoms with Crippen molar-refractivity contribution in [2.45, 2.75) is 264 Å². The topological polar surface area (TPSA) is 155 Å². The van der Waals surface area contributed by atoms with Gasteiger partial charge < -0.3 is 24.2 Å². The SMILES string of the molecule is CC/C=C\C/C=C\C/C=C\C/C=C\CCCCCCCCC(=O)OCC(COP(=O)(O)OCC(CO)OC(=O)CCCCCCC/C=C\C/C=C\CCCCC)OC(=O)CCCCCCCCC/C=C\C/C=C\C/C=C\CC. The smallest absolute Gasteiger partial charge is 0.462 e. The van der Waals surface area contributed by atoms with Crippen LogP contribution in [0.5, 0.6) is 0 Å². The molecular formula is C66H111O11P. The molecule has 0 aromatic heterocycles. The molecule has 0 aliphatic rings. The van der Waals surface area contributed by atoms with Crippen LogP contribution >= 0.6 is 7.82 Å². The molecule has 0 radical (unpaired) electrons. The van der Waals surface area contributed by atoms with Gasteiger partial charge in [0.15, 0.2) is 6.10 Å². The highest BCUT2D eigenvalue weighted by Crippen LogP contribution is 2.43. The Morgan fingerprint density at radius 3 is 1.03 bits per heavy atom. The fourth-order valence-corrected chi connectivity index (χ4v) is 8.82. The summed E-state index contributed by atoms with van der Waals surface area (Å²) < 4.78 is 39.6. The van der Waals surface area contributed by atoms with Crippen LogP contribution in [0.2, 0.25) is 0 Å². The third-order valence-corrected chi connectivity index (χ3v) is 13.6. The van der Waals surface area contributed by atoms with Crippen molar-refractivity contribution in [1.29, 1.82) is 0 Å². The van der Waals surface area contributed by atoms with Gasteiger partial charge in [0.05, 0.1) is 19.8 Å². The number of aliphatic hydroxyl groups excluding tert-OH is 1. The van der Waals surface area contributed by atoms with E-state index in [0.717, 1.165) is 167 Å². The Hall–Kier alpha value is -3.86. The highest BCUT2D eigenvalue weighted by atomic mass is 31.2. The van der Waals surface area contributed by atoms with Crippen LogP contribution in [0.4, 0.5) is 0 Å². The first-order valence-corrected chi connectivity index (χ1v) is 32.3. The van der Waals surface area contributed by atoms with Crippen LogP contribution in [0, 0.1) is 0 Å². The van der Waals surface area contributed by atoms with Crippen molar-refractivity contribution in [2.75, 3.05) is 26.4 Å². The molecule has 11 nitrogen and oxygen atoms in total. The lowest BCUT2D eigenvalue weighted by atomic mass is 10.1. The highest BCUT2D eigenvalue weighted by molar-refractivity contribution is 7.47. The number of aliphatic hydroxyl groups is 1. The second kappa shape index (κ2) is 59.3. The quantitative estimate of drug-likeness (QED) is 0.0197. The molecule has 0 aliphatic carbocycles. The number of phosphoric ester groups is 1. The van der Waals surface area contributed by atoms with Gasteiger partial charge in [0.1, 0.15) is 12.7 Å². The van der Waals surface area contributed by atoms with Crippen molar-refractivity contribution in [1.82, 2.24) is 0 Å². The minimum Gasteiger partial charge on any atom is -0.462 e. The van der Waals surface area contributed by atoms with E-state index in [1.165, 1.54) is 25.7 Å². The molecule has 0 amide bonds. The maximum Gasteiger partial charge on any atom is 0.472 e. The van der Waals surface area contributed by atoms with Crippen molar-refractivity contribution in [3.63, 3.8) is 0 Å². The van der Waals surface area contributed by atoms with Gasteiger partial charge in [-0.25, -0.2) is 4.57 Å². The minimum atomic E-state index is -4.77. The van der Waals surface area contributed by atoms with Crippen molar-refractivity contribution in [2.24, 2.45) is 0 Å². The summed E-state index contributed by atoms with van der Waals surface area (Å²) in [6.45, 7) is 4.36. The van der Waals surface area contributed by atoms with E-state index in [0.29, 0.717) is 19.3 Å². The Morgan fingerprint density at radius 1 is 0.372 bits per heavy atom. The first-order chi connectivity index (χ1) is 38.2. The predicted octanol–water partition coefficient (Wildman–Crippen LogP) is 18.6. The third-order valence-electron chi connectivity index (χ3n) is 12.7. The van der Waals surface area contributed by atoms with E-state index in [1.54, 1.807) is 0 Å². The van der Waals surface area contributed by atoms with Crippen molar-refractivity contribution >= 4 is 25.7 Å². The second-order valence-electron chi connectivity index (χ2n) is 20.1. The van der Waals surface area contributed by atoms with Gasteiger partial charge >= 0.3 is 25.7 Å². The summed E-state index contributed by atoms with van der Waals surface area (Å²) in [5.41, 5.74) is 0. The Kier molecular flexibility index (Phi) is 56.3. The first-order valence-electron chi connectivity index (χ1n) is 30.8. The number of esters is 3. The molecule has 0 bridgehead atoms. The monoisotopic (exact) mass is 1110 g/mol. The molecule has 0 aromatic rings. The normalized spacial score (nSPS) is 14.1. The Labute approximate surface area is 475 Å². The number of ether oxygens (including phenoxy) is 3. The maximum absolute atomic E-state index is 12.9. The lowest BCUT2D eigenvalue weighted by Gasteiger charge is -2.21. The van der Waals surface area contributed by atoms with E-state index in [9.17, 15) is 28.9 Å². The number of phosphoric acid groups is 1. The molecular weight excluding hydrogens is 1000 g/mol. The average molecular weight is 1110 g/mol.